The monoisotopic (exact) mass is 284 g/mol. The molecule has 0 saturated heterocycles. The standard InChI is InChI=1S/C12H17BrN2O/c1-2-3-6-11(13)12(16)15-9-10-5-4-7-14-8-10/h4-5,7-8,11H,2-3,6,9H2,1H3,(H,15,16). The van der Waals surface area contributed by atoms with Gasteiger partial charge in [0.05, 0.1) is 4.83 Å². The van der Waals surface area contributed by atoms with Gasteiger partial charge in [0.25, 0.3) is 0 Å². The van der Waals surface area contributed by atoms with Crippen LogP contribution in [0.4, 0.5) is 0 Å². The molecule has 4 heteroatoms. The Hall–Kier alpha value is -0.900. The zero-order valence-electron chi connectivity index (χ0n) is 9.45. The topological polar surface area (TPSA) is 42.0 Å². The first-order chi connectivity index (χ1) is 7.74. The van der Waals surface area contributed by atoms with Crippen LogP contribution in [0.15, 0.2) is 24.5 Å². The third-order valence-electron chi connectivity index (χ3n) is 2.29. The average molecular weight is 285 g/mol. The number of hydrogen-bond donors (Lipinski definition) is 1. The molecule has 1 unspecified atom stereocenters. The van der Waals surface area contributed by atoms with Gasteiger partial charge < -0.3 is 5.32 Å². The van der Waals surface area contributed by atoms with Gasteiger partial charge in [-0.05, 0) is 18.1 Å². The molecular weight excluding hydrogens is 268 g/mol. The number of unbranched alkanes of at least 4 members (excludes halogenated alkanes) is 1. The Morgan fingerprint density at radius 2 is 2.44 bits per heavy atom. The molecule has 0 aliphatic heterocycles. The van der Waals surface area contributed by atoms with Crippen LogP contribution in [0, 0.1) is 0 Å². The Kier molecular flexibility index (Phi) is 6.08. The molecule has 0 radical (unpaired) electrons. The third-order valence-corrected chi connectivity index (χ3v) is 3.16. The fraction of sp³-hybridized carbons (Fsp3) is 0.500. The van der Waals surface area contributed by atoms with Crippen LogP contribution in [0.2, 0.25) is 0 Å². The number of aromatic nitrogens is 1. The predicted molar refractivity (Wildman–Crippen MR) is 68.3 cm³/mol. The maximum atomic E-state index is 11.6. The third kappa shape index (κ3) is 4.75. The molecule has 1 aromatic heterocycles. The van der Waals surface area contributed by atoms with Gasteiger partial charge in [0.15, 0.2) is 0 Å². The van der Waals surface area contributed by atoms with Crippen molar-refractivity contribution >= 4 is 21.8 Å². The van der Waals surface area contributed by atoms with Crippen molar-refractivity contribution in [2.24, 2.45) is 0 Å². The highest BCUT2D eigenvalue weighted by atomic mass is 79.9. The zero-order valence-corrected chi connectivity index (χ0v) is 11.0. The maximum Gasteiger partial charge on any atom is 0.234 e. The second kappa shape index (κ2) is 7.39. The molecule has 0 bridgehead atoms. The van der Waals surface area contributed by atoms with E-state index in [0.29, 0.717) is 6.54 Å². The highest BCUT2D eigenvalue weighted by molar-refractivity contribution is 9.10. The van der Waals surface area contributed by atoms with E-state index in [-0.39, 0.29) is 10.7 Å². The molecule has 1 heterocycles. The second-order valence-electron chi connectivity index (χ2n) is 3.69. The first kappa shape index (κ1) is 13.2. The number of carbonyl (C=O) groups is 1. The number of amides is 1. The quantitative estimate of drug-likeness (QED) is 0.816. The summed E-state index contributed by atoms with van der Waals surface area (Å²) in [5.74, 6) is 0.0531. The molecule has 0 saturated carbocycles. The molecule has 16 heavy (non-hydrogen) atoms. The minimum atomic E-state index is -0.0795. The van der Waals surface area contributed by atoms with Gasteiger partial charge in [-0.1, -0.05) is 41.8 Å². The maximum absolute atomic E-state index is 11.6. The molecule has 0 aromatic carbocycles. The summed E-state index contributed by atoms with van der Waals surface area (Å²) in [7, 11) is 0. The number of carbonyl (C=O) groups excluding carboxylic acids is 1. The van der Waals surface area contributed by atoms with E-state index in [4.69, 9.17) is 0 Å². The highest BCUT2D eigenvalue weighted by Crippen LogP contribution is 2.10. The van der Waals surface area contributed by atoms with E-state index in [2.05, 4.69) is 33.2 Å². The molecule has 88 valence electrons. The van der Waals surface area contributed by atoms with Gasteiger partial charge in [-0.2, -0.15) is 0 Å². The van der Waals surface area contributed by atoms with Gasteiger partial charge in [0.1, 0.15) is 0 Å². The Morgan fingerprint density at radius 1 is 1.62 bits per heavy atom. The molecule has 1 N–H and O–H groups in total. The molecular formula is C12H17BrN2O. The number of hydrogen-bond acceptors (Lipinski definition) is 2. The van der Waals surface area contributed by atoms with Crippen LogP contribution in [-0.2, 0) is 11.3 Å². The molecule has 0 aliphatic carbocycles. The molecule has 0 aliphatic rings. The fourth-order valence-corrected chi connectivity index (χ4v) is 1.80. The van der Waals surface area contributed by atoms with Crippen LogP contribution in [0.3, 0.4) is 0 Å². The second-order valence-corrected chi connectivity index (χ2v) is 4.79. The zero-order chi connectivity index (χ0) is 11.8. The molecule has 0 spiro atoms. The number of alkyl halides is 1. The van der Waals surface area contributed by atoms with E-state index in [1.807, 2.05) is 12.1 Å². The Balaban J connectivity index is 2.29. The lowest BCUT2D eigenvalue weighted by atomic mass is 10.2. The van der Waals surface area contributed by atoms with Crippen molar-refractivity contribution in [3.05, 3.63) is 30.1 Å². The number of rotatable bonds is 6. The fourth-order valence-electron chi connectivity index (χ4n) is 1.32. The van der Waals surface area contributed by atoms with Crippen molar-refractivity contribution in [3.63, 3.8) is 0 Å². The summed E-state index contributed by atoms with van der Waals surface area (Å²) >= 11 is 3.39. The molecule has 1 aromatic rings. The Labute approximate surface area is 105 Å². The van der Waals surface area contributed by atoms with Crippen LogP contribution in [-0.4, -0.2) is 15.7 Å². The van der Waals surface area contributed by atoms with E-state index < -0.39 is 0 Å². The summed E-state index contributed by atoms with van der Waals surface area (Å²) in [6.07, 6.45) is 6.54. The summed E-state index contributed by atoms with van der Waals surface area (Å²) in [5, 5.41) is 2.88. The Bertz CT molecular complexity index is 316. The summed E-state index contributed by atoms with van der Waals surface area (Å²) in [4.78, 5) is 15.6. The summed E-state index contributed by atoms with van der Waals surface area (Å²) in [5.41, 5.74) is 1.02. The smallest absolute Gasteiger partial charge is 0.234 e. The molecule has 1 amide bonds. The van der Waals surface area contributed by atoms with Crippen LogP contribution in [0.5, 0.6) is 0 Å². The first-order valence-corrected chi connectivity index (χ1v) is 6.46. The van der Waals surface area contributed by atoms with Crippen molar-refractivity contribution in [2.75, 3.05) is 0 Å². The van der Waals surface area contributed by atoms with Crippen LogP contribution >= 0.6 is 15.9 Å². The van der Waals surface area contributed by atoms with Crippen molar-refractivity contribution < 1.29 is 4.79 Å². The van der Waals surface area contributed by atoms with Crippen LogP contribution < -0.4 is 5.32 Å². The minimum absolute atomic E-state index is 0.0531. The number of nitrogens with zero attached hydrogens (tertiary/aromatic N) is 1. The van der Waals surface area contributed by atoms with E-state index in [1.54, 1.807) is 12.4 Å². The van der Waals surface area contributed by atoms with Gasteiger partial charge in [-0.15, -0.1) is 0 Å². The Morgan fingerprint density at radius 3 is 3.06 bits per heavy atom. The van der Waals surface area contributed by atoms with Crippen LogP contribution in [0.1, 0.15) is 31.7 Å². The summed E-state index contributed by atoms with van der Waals surface area (Å²) in [6.45, 7) is 2.66. The number of pyridine rings is 1. The number of halogens is 1. The van der Waals surface area contributed by atoms with Gasteiger partial charge in [0, 0.05) is 18.9 Å². The van der Waals surface area contributed by atoms with Crippen molar-refractivity contribution in [1.82, 2.24) is 10.3 Å². The molecule has 0 fully saturated rings. The van der Waals surface area contributed by atoms with E-state index >= 15 is 0 Å². The molecule has 1 atom stereocenters. The summed E-state index contributed by atoms with van der Waals surface area (Å²) < 4.78 is 0. The first-order valence-electron chi connectivity index (χ1n) is 5.54. The molecule has 3 nitrogen and oxygen atoms in total. The normalized spacial score (nSPS) is 12.1. The van der Waals surface area contributed by atoms with Crippen molar-refractivity contribution in [3.8, 4) is 0 Å². The SMILES string of the molecule is CCCCC(Br)C(=O)NCc1cccnc1. The molecule has 1 rings (SSSR count). The van der Waals surface area contributed by atoms with Gasteiger partial charge in [0.2, 0.25) is 5.91 Å². The van der Waals surface area contributed by atoms with Crippen LogP contribution in [0.25, 0.3) is 0 Å². The van der Waals surface area contributed by atoms with Gasteiger partial charge in [-0.25, -0.2) is 0 Å². The van der Waals surface area contributed by atoms with E-state index in [1.165, 1.54) is 0 Å². The largest absolute Gasteiger partial charge is 0.351 e. The van der Waals surface area contributed by atoms with Crippen molar-refractivity contribution in [1.29, 1.82) is 0 Å². The lowest BCUT2D eigenvalue weighted by Gasteiger charge is -2.09. The van der Waals surface area contributed by atoms with Crippen molar-refractivity contribution in [2.45, 2.75) is 37.6 Å². The lowest BCUT2D eigenvalue weighted by molar-refractivity contribution is -0.120. The minimum Gasteiger partial charge on any atom is -0.351 e. The highest BCUT2D eigenvalue weighted by Gasteiger charge is 2.13. The average Bonchev–Trinajstić information content (AvgIpc) is 2.34. The number of nitrogens with one attached hydrogen (secondary N) is 1. The predicted octanol–water partition coefficient (Wildman–Crippen LogP) is 2.65. The lowest BCUT2D eigenvalue weighted by Crippen LogP contribution is -2.30. The van der Waals surface area contributed by atoms with E-state index in [0.717, 1.165) is 24.8 Å². The van der Waals surface area contributed by atoms with Gasteiger partial charge >= 0.3 is 0 Å². The van der Waals surface area contributed by atoms with Gasteiger partial charge in [-0.3, -0.25) is 9.78 Å². The summed E-state index contributed by atoms with van der Waals surface area (Å²) in [6, 6.07) is 3.81. The van der Waals surface area contributed by atoms with E-state index in [9.17, 15) is 4.79 Å².